The first-order valence-electron chi connectivity index (χ1n) is 9.93. The highest BCUT2D eigenvalue weighted by atomic mass is 19.4. The van der Waals surface area contributed by atoms with E-state index in [1.807, 2.05) is 59.5 Å². The molecule has 1 aliphatic heterocycles. The monoisotopic (exact) mass is 453 g/mol. The van der Waals surface area contributed by atoms with Crippen LogP contribution < -0.4 is 15.4 Å². The standard InChI is InChI=1S/C20H25N3O2.C2HF3O2/c1-25-18-9-7-16(8-10-18)15-22-19(17-5-3-2-4-6-17)20(24)23-13-11-21-12-14-23;3-2(4,5)1(6)7/h2-10,19,21-22H,11-15H2,1H3;(H,6,7)/t19-;/m1./s1. The van der Waals surface area contributed by atoms with E-state index in [-0.39, 0.29) is 11.9 Å². The number of rotatable bonds is 6. The summed E-state index contributed by atoms with van der Waals surface area (Å²) in [6.45, 7) is 3.84. The number of carboxylic acid groups (broad SMARTS) is 1. The van der Waals surface area contributed by atoms with Gasteiger partial charge in [-0.15, -0.1) is 0 Å². The number of ether oxygens (including phenoxy) is 1. The Morgan fingerprint density at radius 2 is 1.66 bits per heavy atom. The average Bonchev–Trinajstić information content (AvgIpc) is 2.80. The molecule has 174 valence electrons. The van der Waals surface area contributed by atoms with Gasteiger partial charge in [0.15, 0.2) is 0 Å². The van der Waals surface area contributed by atoms with Gasteiger partial charge in [0.1, 0.15) is 11.8 Å². The Balaban J connectivity index is 0.000000451. The topological polar surface area (TPSA) is 90.9 Å². The average molecular weight is 453 g/mol. The SMILES string of the molecule is COc1ccc(CN[C@@H](C(=O)N2CCNCC2)c2ccccc2)cc1.O=C(O)C(F)(F)F. The van der Waals surface area contributed by atoms with Crippen molar-refractivity contribution in [3.63, 3.8) is 0 Å². The van der Waals surface area contributed by atoms with E-state index in [0.717, 1.165) is 43.1 Å². The fourth-order valence-corrected chi connectivity index (χ4v) is 3.02. The highest BCUT2D eigenvalue weighted by Crippen LogP contribution is 2.18. The number of carboxylic acids is 1. The minimum Gasteiger partial charge on any atom is -0.497 e. The van der Waals surface area contributed by atoms with Crippen molar-refractivity contribution in [2.45, 2.75) is 18.8 Å². The van der Waals surface area contributed by atoms with Gasteiger partial charge in [-0.2, -0.15) is 13.2 Å². The van der Waals surface area contributed by atoms with Crippen molar-refractivity contribution in [3.8, 4) is 5.75 Å². The van der Waals surface area contributed by atoms with Crippen LogP contribution in [0.1, 0.15) is 17.2 Å². The summed E-state index contributed by atoms with van der Waals surface area (Å²) in [7, 11) is 1.66. The number of nitrogens with one attached hydrogen (secondary N) is 2. The lowest BCUT2D eigenvalue weighted by molar-refractivity contribution is -0.192. The lowest BCUT2D eigenvalue weighted by Crippen LogP contribution is -2.50. The highest BCUT2D eigenvalue weighted by Gasteiger charge is 2.38. The summed E-state index contributed by atoms with van der Waals surface area (Å²) in [4.78, 5) is 23.9. The number of methoxy groups -OCH3 is 1. The first-order valence-corrected chi connectivity index (χ1v) is 9.93. The number of aliphatic carboxylic acids is 1. The van der Waals surface area contributed by atoms with Gasteiger partial charge in [0.25, 0.3) is 0 Å². The third-order valence-corrected chi connectivity index (χ3v) is 4.72. The maximum absolute atomic E-state index is 13.0. The molecule has 0 spiro atoms. The van der Waals surface area contributed by atoms with Gasteiger partial charge < -0.3 is 20.1 Å². The van der Waals surface area contributed by atoms with Crippen LogP contribution in [0.2, 0.25) is 0 Å². The number of hydrogen-bond donors (Lipinski definition) is 3. The molecule has 1 aliphatic rings. The summed E-state index contributed by atoms with van der Waals surface area (Å²) in [6, 6.07) is 17.5. The molecule has 0 saturated carbocycles. The Kier molecular flexibility index (Phi) is 9.48. The number of halogens is 3. The molecule has 0 unspecified atom stereocenters. The zero-order valence-corrected chi connectivity index (χ0v) is 17.6. The molecule has 1 atom stereocenters. The molecule has 0 aromatic heterocycles. The molecule has 1 amide bonds. The van der Waals surface area contributed by atoms with Crippen molar-refractivity contribution >= 4 is 11.9 Å². The maximum atomic E-state index is 13.0. The number of carbonyl (C=O) groups is 2. The van der Waals surface area contributed by atoms with Crippen LogP contribution in [0, 0.1) is 0 Å². The number of nitrogens with zero attached hydrogens (tertiary/aromatic N) is 1. The Bertz CT molecular complexity index is 855. The highest BCUT2D eigenvalue weighted by molar-refractivity contribution is 5.83. The van der Waals surface area contributed by atoms with Crippen LogP contribution >= 0.6 is 0 Å². The number of piperazine rings is 1. The van der Waals surface area contributed by atoms with E-state index in [1.54, 1.807) is 7.11 Å². The molecule has 1 saturated heterocycles. The zero-order chi connectivity index (χ0) is 23.6. The summed E-state index contributed by atoms with van der Waals surface area (Å²) >= 11 is 0. The first kappa shape index (κ1) is 25.2. The molecule has 10 heteroatoms. The van der Waals surface area contributed by atoms with Gasteiger partial charge in [0, 0.05) is 32.7 Å². The fourth-order valence-electron chi connectivity index (χ4n) is 3.02. The van der Waals surface area contributed by atoms with Crippen LogP contribution in [-0.4, -0.2) is 61.3 Å². The van der Waals surface area contributed by atoms with E-state index >= 15 is 0 Å². The third kappa shape index (κ3) is 7.86. The summed E-state index contributed by atoms with van der Waals surface area (Å²) in [5, 5.41) is 13.9. The van der Waals surface area contributed by atoms with Gasteiger partial charge in [-0.1, -0.05) is 42.5 Å². The second-order valence-corrected chi connectivity index (χ2v) is 6.95. The van der Waals surface area contributed by atoms with E-state index in [4.69, 9.17) is 14.6 Å². The molecule has 3 rings (SSSR count). The van der Waals surface area contributed by atoms with E-state index in [9.17, 15) is 18.0 Å². The van der Waals surface area contributed by atoms with Crippen molar-refractivity contribution in [2.75, 3.05) is 33.3 Å². The van der Waals surface area contributed by atoms with Crippen molar-refractivity contribution in [1.82, 2.24) is 15.5 Å². The number of amides is 1. The molecule has 2 aromatic carbocycles. The fraction of sp³-hybridized carbons (Fsp3) is 0.364. The summed E-state index contributed by atoms with van der Waals surface area (Å²) < 4.78 is 36.9. The minimum absolute atomic E-state index is 0.140. The molecular weight excluding hydrogens is 427 g/mol. The van der Waals surface area contributed by atoms with Crippen molar-refractivity contribution in [3.05, 3.63) is 65.7 Å². The number of alkyl halides is 3. The number of carbonyl (C=O) groups excluding carboxylic acids is 1. The lowest BCUT2D eigenvalue weighted by atomic mass is 10.0. The molecule has 32 heavy (non-hydrogen) atoms. The minimum atomic E-state index is -5.08. The summed E-state index contributed by atoms with van der Waals surface area (Å²) in [5.74, 6) is -1.78. The Morgan fingerprint density at radius 3 is 2.16 bits per heavy atom. The van der Waals surface area contributed by atoms with Gasteiger partial charge in [-0.3, -0.25) is 10.1 Å². The van der Waals surface area contributed by atoms with Crippen LogP contribution in [0.3, 0.4) is 0 Å². The summed E-state index contributed by atoms with van der Waals surface area (Å²) in [6.07, 6.45) is -5.08. The van der Waals surface area contributed by atoms with Crippen molar-refractivity contribution in [1.29, 1.82) is 0 Å². The normalized spacial score (nSPS) is 14.7. The van der Waals surface area contributed by atoms with Gasteiger partial charge >= 0.3 is 12.1 Å². The van der Waals surface area contributed by atoms with E-state index in [0.29, 0.717) is 6.54 Å². The molecule has 1 fully saturated rings. The Labute approximate surface area is 184 Å². The zero-order valence-electron chi connectivity index (χ0n) is 17.6. The molecule has 0 aliphatic carbocycles. The smallest absolute Gasteiger partial charge is 0.490 e. The van der Waals surface area contributed by atoms with E-state index in [1.165, 1.54) is 0 Å². The van der Waals surface area contributed by atoms with Crippen LogP contribution in [0.5, 0.6) is 5.75 Å². The second-order valence-electron chi connectivity index (χ2n) is 6.95. The number of benzene rings is 2. The van der Waals surface area contributed by atoms with Gasteiger partial charge in [0.05, 0.1) is 7.11 Å². The van der Waals surface area contributed by atoms with E-state index in [2.05, 4.69) is 10.6 Å². The van der Waals surface area contributed by atoms with Crippen molar-refractivity contribution < 1.29 is 32.6 Å². The van der Waals surface area contributed by atoms with Crippen LogP contribution in [0.25, 0.3) is 0 Å². The van der Waals surface area contributed by atoms with Gasteiger partial charge in [-0.25, -0.2) is 4.79 Å². The second kappa shape index (κ2) is 12.1. The van der Waals surface area contributed by atoms with Gasteiger partial charge in [-0.05, 0) is 23.3 Å². The first-order chi connectivity index (χ1) is 15.2. The van der Waals surface area contributed by atoms with Crippen molar-refractivity contribution in [2.24, 2.45) is 0 Å². The third-order valence-electron chi connectivity index (χ3n) is 4.72. The lowest BCUT2D eigenvalue weighted by Gasteiger charge is -2.31. The molecule has 0 bridgehead atoms. The van der Waals surface area contributed by atoms with Crippen LogP contribution in [0.4, 0.5) is 13.2 Å². The van der Waals surface area contributed by atoms with Gasteiger partial charge in [0.2, 0.25) is 5.91 Å². The molecule has 3 N–H and O–H groups in total. The quantitative estimate of drug-likeness (QED) is 0.623. The Hall–Kier alpha value is -3.11. The molecule has 7 nitrogen and oxygen atoms in total. The number of hydrogen-bond acceptors (Lipinski definition) is 5. The summed E-state index contributed by atoms with van der Waals surface area (Å²) in [5.41, 5.74) is 2.12. The Morgan fingerprint density at radius 1 is 1.09 bits per heavy atom. The molecule has 1 heterocycles. The predicted molar refractivity (Wildman–Crippen MR) is 112 cm³/mol. The molecular formula is C22H26F3N3O4. The largest absolute Gasteiger partial charge is 0.497 e. The predicted octanol–water partition coefficient (Wildman–Crippen LogP) is 2.59. The van der Waals surface area contributed by atoms with Crippen LogP contribution in [0.15, 0.2) is 54.6 Å². The van der Waals surface area contributed by atoms with E-state index < -0.39 is 12.1 Å². The molecule has 0 radical (unpaired) electrons. The maximum Gasteiger partial charge on any atom is 0.490 e. The molecule has 2 aromatic rings. The van der Waals surface area contributed by atoms with Crippen LogP contribution in [-0.2, 0) is 16.1 Å².